The maximum atomic E-state index is 12.6. The Hall–Kier alpha value is -1.64. The number of fused-ring (bicyclic) bond motifs is 1. The molecule has 0 aromatic heterocycles. The average molecular weight is 257 g/mol. The molecule has 2 amide bonds. The molecule has 1 aliphatic heterocycles. The van der Waals surface area contributed by atoms with E-state index in [0.29, 0.717) is 5.92 Å². The van der Waals surface area contributed by atoms with E-state index in [1.165, 1.54) is 4.90 Å². The fourth-order valence-electron chi connectivity index (χ4n) is 3.44. The van der Waals surface area contributed by atoms with E-state index in [4.69, 9.17) is 0 Å². The molecule has 3 heteroatoms. The summed E-state index contributed by atoms with van der Waals surface area (Å²) in [7, 11) is 0. The number of imide groups is 1. The van der Waals surface area contributed by atoms with Crippen LogP contribution in [0.4, 0.5) is 5.69 Å². The Morgan fingerprint density at radius 3 is 2.47 bits per heavy atom. The normalized spacial score (nSPS) is 30.6. The van der Waals surface area contributed by atoms with Gasteiger partial charge in [0.25, 0.3) is 0 Å². The minimum atomic E-state index is -0.0872. The Balaban J connectivity index is 1.98. The molecule has 3 nitrogen and oxygen atoms in total. The number of hydrogen-bond acceptors (Lipinski definition) is 2. The van der Waals surface area contributed by atoms with Crippen LogP contribution >= 0.6 is 0 Å². The summed E-state index contributed by atoms with van der Waals surface area (Å²) in [6.45, 7) is 4.12. The Morgan fingerprint density at radius 2 is 1.74 bits per heavy atom. The monoisotopic (exact) mass is 257 g/mol. The second-order valence-corrected chi connectivity index (χ2v) is 5.93. The number of rotatable bonds is 1. The molecule has 100 valence electrons. The smallest absolute Gasteiger partial charge is 0.237 e. The molecule has 0 N–H and O–H groups in total. The van der Waals surface area contributed by atoms with Crippen molar-refractivity contribution in [3.63, 3.8) is 0 Å². The highest BCUT2D eigenvalue weighted by atomic mass is 16.2. The van der Waals surface area contributed by atoms with Gasteiger partial charge < -0.3 is 0 Å². The summed E-state index contributed by atoms with van der Waals surface area (Å²) in [4.78, 5) is 26.5. The molecular formula is C16H19NO2. The van der Waals surface area contributed by atoms with Gasteiger partial charge >= 0.3 is 0 Å². The van der Waals surface area contributed by atoms with Crippen molar-refractivity contribution in [1.29, 1.82) is 0 Å². The van der Waals surface area contributed by atoms with Crippen LogP contribution in [0.1, 0.15) is 31.7 Å². The third-order valence-electron chi connectivity index (χ3n) is 4.54. The van der Waals surface area contributed by atoms with Crippen LogP contribution in [0.5, 0.6) is 0 Å². The number of carbonyl (C=O) groups is 2. The SMILES string of the molecule is Cc1ccccc1N1C(=O)[C@H]2CC[C@H](C)C[C@@H]2C1=O. The Kier molecular flexibility index (Phi) is 2.92. The van der Waals surface area contributed by atoms with Gasteiger partial charge in [0.05, 0.1) is 17.5 Å². The quantitative estimate of drug-likeness (QED) is 0.725. The number of aryl methyl sites for hydroxylation is 1. The van der Waals surface area contributed by atoms with E-state index in [-0.39, 0.29) is 23.7 Å². The van der Waals surface area contributed by atoms with Crippen LogP contribution in [0.3, 0.4) is 0 Å². The number of hydrogen-bond donors (Lipinski definition) is 0. The second kappa shape index (κ2) is 4.48. The molecule has 3 rings (SSSR count). The molecular weight excluding hydrogens is 238 g/mol. The first-order valence-corrected chi connectivity index (χ1v) is 7.03. The van der Waals surface area contributed by atoms with Crippen molar-refractivity contribution in [2.24, 2.45) is 17.8 Å². The molecule has 19 heavy (non-hydrogen) atoms. The zero-order chi connectivity index (χ0) is 13.6. The summed E-state index contributed by atoms with van der Waals surface area (Å²) < 4.78 is 0. The number of anilines is 1. The zero-order valence-electron chi connectivity index (χ0n) is 11.4. The zero-order valence-corrected chi connectivity index (χ0v) is 11.4. The molecule has 0 spiro atoms. The van der Waals surface area contributed by atoms with Crippen molar-refractivity contribution in [1.82, 2.24) is 0 Å². The van der Waals surface area contributed by atoms with E-state index in [9.17, 15) is 9.59 Å². The lowest BCUT2D eigenvalue weighted by molar-refractivity contribution is -0.122. The van der Waals surface area contributed by atoms with Crippen molar-refractivity contribution in [2.75, 3.05) is 4.90 Å². The molecule has 1 aromatic rings. The summed E-state index contributed by atoms with van der Waals surface area (Å²) in [5, 5.41) is 0. The van der Waals surface area contributed by atoms with Crippen LogP contribution in [-0.4, -0.2) is 11.8 Å². The molecule has 1 aliphatic carbocycles. The number of benzene rings is 1. The van der Waals surface area contributed by atoms with Crippen LogP contribution in [0.25, 0.3) is 0 Å². The highest BCUT2D eigenvalue weighted by Gasteiger charge is 2.50. The summed E-state index contributed by atoms with van der Waals surface area (Å²) in [6, 6.07) is 7.62. The summed E-state index contributed by atoms with van der Waals surface area (Å²) in [5.41, 5.74) is 1.75. The number of amides is 2. The van der Waals surface area contributed by atoms with Gasteiger partial charge in [-0.15, -0.1) is 0 Å². The van der Waals surface area contributed by atoms with Gasteiger partial charge in [-0.05, 0) is 43.7 Å². The molecule has 0 radical (unpaired) electrons. The Bertz CT molecular complexity index is 537. The molecule has 0 unspecified atom stereocenters. The van der Waals surface area contributed by atoms with Gasteiger partial charge in [-0.25, -0.2) is 4.90 Å². The van der Waals surface area contributed by atoms with Gasteiger partial charge in [0.2, 0.25) is 11.8 Å². The third kappa shape index (κ3) is 1.88. The van der Waals surface area contributed by atoms with Crippen LogP contribution in [0.15, 0.2) is 24.3 Å². The minimum absolute atomic E-state index is 0.0100. The highest BCUT2D eigenvalue weighted by Crippen LogP contribution is 2.42. The molecule has 2 fully saturated rings. The van der Waals surface area contributed by atoms with Crippen molar-refractivity contribution in [2.45, 2.75) is 33.1 Å². The number of carbonyl (C=O) groups excluding carboxylic acids is 2. The fourth-order valence-corrected chi connectivity index (χ4v) is 3.44. The molecule has 0 bridgehead atoms. The summed E-state index contributed by atoms with van der Waals surface area (Å²) in [6.07, 6.45) is 2.78. The van der Waals surface area contributed by atoms with E-state index < -0.39 is 0 Å². The van der Waals surface area contributed by atoms with Crippen molar-refractivity contribution >= 4 is 17.5 Å². The van der Waals surface area contributed by atoms with Gasteiger partial charge in [-0.3, -0.25) is 9.59 Å². The predicted molar refractivity (Wildman–Crippen MR) is 73.7 cm³/mol. The largest absolute Gasteiger partial charge is 0.274 e. The number of nitrogens with zero attached hydrogens (tertiary/aromatic N) is 1. The van der Waals surface area contributed by atoms with Crippen LogP contribution in [0.2, 0.25) is 0 Å². The predicted octanol–water partition coefficient (Wildman–Crippen LogP) is 2.92. The summed E-state index contributed by atoms with van der Waals surface area (Å²) >= 11 is 0. The summed E-state index contributed by atoms with van der Waals surface area (Å²) in [5.74, 6) is 0.404. The van der Waals surface area contributed by atoms with E-state index in [2.05, 4.69) is 6.92 Å². The highest BCUT2D eigenvalue weighted by molar-refractivity contribution is 6.22. The van der Waals surface area contributed by atoms with Crippen molar-refractivity contribution in [3.8, 4) is 0 Å². The first kappa shape index (κ1) is 12.4. The van der Waals surface area contributed by atoms with E-state index >= 15 is 0 Å². The van der Waals surface area contributed by atoms with Gasteiger partial charge in [0, 0.05) is 0 Å². The number of para-hydroxylation sites is 1. The van der Waals surface area contributed by atoms with Gasteiger partial charge in [0.1, 0.15) is 0 Å². The lowest BCUT2D eigenvalue weighted by atomic mass is 9.76. The van der Waals surface area contributed by atoms with E-state index in [1.807, 2.05) is 31.2 Å². The molecule has 1 aromatic carbocycles. The van der Waals surface area contributed by atoms with Crippen molar-refractivity contribution < 1.29 is 9.59 Å². The average Bonchev–Trinajstić information content (AvgIpc) is 2.63. The maximum absolute atomic E-state index is 12.6. The lowest BCUT2D eigenvalue weighted by Crippen LogP contribution is -2.31. The fraction of sp³-hybridized carbons (Fsp3) is 0.500. The third-order valence-corrected chi connectivity index (χ3v) is 4.54. The van der Waals surface area contributed by atoms with Crippen LogP contribution in [0, 0.1) is 24.7 Å². The Morgan fingerprint density at radius 1 is 1.05 bits per heavy atom. The molecule has 2 aliphatic rings. The van der Waals surface area contributed by atoms with Gasteiger partial charge in [-0.1, -0.05) is 25.1 Å². The van der Waals surface area contributed by atoms with Crippen molar-refractivity contribution in [3.05, 3.63) is 29.8 Å². The second-order valence-electron chi connectivity index (χ2n) is 5.93. The Labute approximate surface area is 113 Å². The molecule has 3 atom stereocenters. The van der Waals surface area contributed by atoms with Crippen LogP contribution in [-0.2, 0) is 9.59 Å². The van der Waals surface area contributed by atoms with Gasteiger partial charge in [0.15, 0.2) is 0 Å². The molecule has 1 saturated carbocycles. The standard InChI is InChI=1S/C16H19NO2/c1-10-7-8-12-13(9-10)16(19)17(15(12)18)14-6-4-3-5-11(14)2/h3-6,10,12-13H,7-9H2,1-2H3/t10-,12-,13-/m0/s1. The molecule has 1 saturated heterocycles. The lowest BCUT2D eigenvalue weighted by Gasteiger charge is -2.25. The maximum Gasteiger partial charge on any atom is 0.237 e. The van der Waals surface area contributed by atoms with Crippen LogP contribution < -0.4 is 4.90 Å². The minimum Gasteiger partial charge on any atom is -0.274 e. The van der Waals surface area contributed by atoms with Gasteiger partial charge in [-0.2, -0.15) is 0 Å². The first-order chi connectivity index (χ1) is 9.09. The van der Waals surface area contributed by atoms with E-state index in [1.54, 1.807) is 0 Å². The topological polar surface area (TPSA) is 37.4 Å². The van der Waals surface area contributed by atoms with E-state index in [0.717, 1.165) is 30.5 Å². The molecule has 1 heterocycles. The first-order valence-electron chi connectivity index (χ1n) is 7.03.